The predicted octanol–water partition coefficient (Wildman–Crippen LogP) is 4.77. The minimum absolute atomic E-state index is 0.0855. The van der Waals surface area contributed by atoms with E-state index in [0.717, 1.165) is 6.21 Å². The van der Waals surface area contributed by atoms with Gasteiger partial charge >= 0.3 is 6.18 Å². The van der Waals surface area contributed by atoms with Gasteiger partial charge in [0.05, 0.1) is 16.8 Å². The molecule has 1 amide bonds. The Balaban J connectivity index is 1.56. The summed E-state index contributed by atoms with van der Waals surface area (Å²) >= 11 is 0. The maximum Gasteiger partial charge on any atom is 0.407 e. The summed E-state index contributed by atoms with van der Waals surface area (Å²) in [4.78, 5) is 23.9. The van der Waals surface area contributed by atoms with Crippen molar-refractivity contribution in [2.45, 2.75) is 12.8 Å². The van der Waals surface area contributed by atoms with Gasteiger partial charge in [-0.05, 0) is 59.7 Å². The number of amides is 1. The molecule has 188 valence electrons. The highest BCUT2D eigenvalue weighted by Crippen LogP contribution is 2.25. The van der Waals surface area contributed by atoms with Gasteiger partial charge in [-0.2, -0.15) is 13.2 Å². The number of ether oxygens (including phenoxy) is 1. The number of fused-ring (bicyclic) bond motifs is 1. The molecule has 0 aliphatic heterocycles. The second-order valence-corrected chi connectivity index (χ2v) is 8.00. The number of allylic oxidation sites excluding steroid dienone is 1. The summed E-state index contributed by atoms with van der Waals surface area (Å²) in [5.74, 6) is -0.0569. The van der Waals surface area contributed by atoms with E-state index in [-0.39, 0.29) is 12.3 Å². The molecule has 7 nitrogen and oxygen atoms in total. The van der Waals surface area contributed by atoms with Crippen molar-refractivity contribution in [2.24, 2.45) is 16.5 Å². The van der Waals surface area contributed by atoms with Gasteiger partial charge in [0.1, 0.15) is 18.9 Å². The van der Waals surface area contributed by atoms with E-state index in [0.29, 0.717) is 44.6 Å². The van der Waals surface area contributed by atoms with E-state index in [1.54, 1.807) is 60.7 Å². The largest absolute Gasteiger partial charge is 0.487 e. The fraction of sp³-hybridized carbons (Fsp3) is 0.111. The Hall–Kier alpha value is -4.73. The van der Waals surface area contributed by atoms with Crippen molar-refractivity contribution in [3.05, 3.63) is 102 Å². The number of carbonyl (C=O) groups is 1. The normalized spacial score (nSPS) is 12.5. The van der Waals surface area contributed by atoms with Crippen molar-refractivity contribution in [1.29, 1.82) is 0 Å². The highest BCUT2D eigenvalue weighted by Gasteiger charge is 2.26. The zero-order chi connectivity index (χ0) is 26.4. The van der Waals surface area contributed by atoms with Crippen LogP contribution in [0.5, 0.6) is 5.75 Å². The average molecular weight is 506 g/mol. The van der Waals surface area contributed by atoms with Crippen LogP contribution in [0.15, 0.2) is 84.1 Å². The van der Waals surface area contributed by atoms with Crippen LogP contribution >= 0.6 is 0 Å². The molecule has 37 heavy (non-hydrogen) atoms. The van der Waals surface area contributed by atoms with Crippen molar-refractivity contribution in [1.82, 2.24) is 9.97 Å². The maximum absolute atomic E-state index is 12.6. The van der Waals surface area contributed by atoms with Crippen molar-refractivity contribution in [2.75, 3.05) is 6.54 Å². The third kappa shape index (κ3) is 6.49. The Kier molecular flexibility index (Phi) is 7.47. The lowest BCUT2D eigenvalue weighted by atomic mass is 10.0. The van der Waals surface area contributed by atoms with E-state index in [2.05, 4.69) is 15.0 Å². The van der Waals surface area contributed by atoms with Crippen LogP contribution in [0.4, 0.5) is 13.2 Å². The lowest BCUT2D eigenvalue weighted by molar-refractivity contribution is -0.118. The summed E-state index contributed by atoms with van der Waals surface area (Å²) in [5, 5.41) is 0.661. The number of hydrogen-bond donors (Lipinski definition) is 2. The zero-order valence-corrected chi connectivity index (χ0v) is 19.4. The van der Waals surface area contributed by atoms with Gasteiger partial charge in [-0.25, -0.2) is 4.98 Å². The summed E-state index contributed by atoms with van der Waals surface area (Å²) in [6, 6.07) is 18.8. The van der Waals surface area contributed by atoms with Crippen LogP contribution in [-0.2, 0) is 6.61 Å². The summed E-state index contributed by atoms with van der Waals surface area (Å²) in [7, 11) is 0. The van der Waals surface area contributed by atoms with E-state index < -0.39 is 18.6 Å². The molecule has 4 aromatic rings. The predicted molar refractivity (Wildman–Crippen MR) is 136 cm³/mol. The monoisotopic (exact) mass is 505 g/mol. The van der Waals surface area contributed by atoms with E-state index in [1.807, 2.05) is 6.07 Å². The third-order valence-electron chi connectivity index (χ3n) is 5.36. The number of hydrogen-bond acceptors (Lipinski definition) is 6. The molecule has 0 saturated carbocycles. The third-order valence-corrected chi connectivity index (χ3v) is 5.36. The number of nitrogens with two attached hydrogens (primary N) is 2. The summed E-state index contributed by atoms with van der Waals surface area (Å²) in [5.41, 5.74) is 15.1. The number of primary amides is 1. The lowest BCUT2D eigenvalue weighted by Crippen LogP contribution is -2.13. The molecule has 0 bridgehead atoms. The van der Waals surface area contributed by atoms with Gasteiger partial charge < -0.3 is 16.2 Å². The first-order valence-electron chi connectivity index (χ1n) is 11.1. The minimum atomic E-state index is -4.42. The van der Waals surface area contributed by atoms with Gasteiger partial charge in [0.25, 0.3) is 0 Å². The smallest absolute Gasteiger partial charge is 0.407 e. The van der Waals surface area contributed by atoms with Gasteiger partial charge in [0.2, 0.25) is 5.91 Å². The topological polar surface area (TPSA) is 116 Å². The number of benzene rings is 2. The fourth-order valence-electron chi connectivity index (χ4n) is 3.62. The molecule has 4 rings (SSSR count). The molecule has 10 heteroatoms. The number of rotatable bonds is 8. The number of aromatic nitrogens is 2. The second-order valence-electron chi connectivity index (χ2n) is 8.00. The molecule has 4 N–H and O–H groups in total. The van der Waals surface area contributed by atoms with Gasteiger partial charge in [-0.15, -0.1) is 0 Å². The highest BCUT2D eigenvalue weighted by molar-refractivity contribution is 6.18. The van der Waals surface area contributed by atoms with E-state index in [1.165, 1.54) is 12.4 Å². The van der Waals surface area contributed by atoms with Crippen LogP contribution < -0.4 is 16.2 Å². The molecule has 0 radical (unpaired) electrons. The first-order valence-corrected chi connectivity index (χ1v) is 11.1. The number of carbonyl (C=O) groups excluding carboxylic acids is 1. The summed E-state index contributed by atoms with van der Waals surface area (Å²) < 4.78 is 43.6. The minimum Gasteiger partial charge on any atom is -0.487 e. The van der Waals surface area contributed by atoms with Gasteiger partial charge in [0, 0.05) is 35.3 Å². The fourth-order valence-corrected chi connectivity index (χ4v) is 3.62. The number of alkyl halides is 3. The van der Waals surface area contributed by atoms with E-state index in [4.69, 9.17) is 16.2 Å². The maximum atomic E-state index is 12.6. The standard InChI is InChI=1S/C27H22F3N5O2/c28-27(29,30)16-34-14-23(17-9-11-33-12-10-17)25(31)18-5-7-20(8-6-18)37-15-19-13-22(26(32)36)21-3-1-2-4-24(21)35-19/h1-14H,15-16,31H2,(H2,32,36). The van der Waals surface area contributed by atoms with Crippen LogP contribution in [-0.4, -0.2) is 34.8 Å². The summed E-state index contributed by atoms with van der Waals surface area (Å²) in [6.45, 7) is -1.23. The molecule has 0 fully saturated rings. The second kappa shape index (κ2) is 10.9. The number of para-hydroxylation sites is 1. The van der Waals surface area contributed by atoms with Crippen LogP contribution in [0.25, 0.3) is 22.2 Å². The van der Waals surface area contributed by atoms with E-state index in [9.17, 15) is 18.0 Å². The Morgan fingerprint density at radius 2 is 1.68 bits per heavy atom. The van der Waals surface area contributed by atoms with Crippen LogP contribution in [0.2, 0.25) is 0 Å². The number of nitrogens with zero attached hydrogens (tertiary/aromatic N) is 3. The summed E-state index contributed by atoms with van der Waals surface area (Å²) in [6.07, 6.45) is -0.279. The molecule has 0 spiro atoms. The molecule has 2 aromatic heterocycles. The number of aliphatic imine (C=N–C) groups is 1. The van der Waals surface area contributed by atoms with Crippen molar-refractivity contribution < 1.29 is 22.7 Å². The first kappa shape index (κ1) is 25.4. The molecule has 2 aromatic carbocycles. The van der Waals surface area contributed by atoms with Crippen LogP contribution in [0, 0.1) is 0 Å². The quantitative estimate of drug-likeness (QED) is 0.335. The number of pyridine rings is 2. The Morgan fingerprint density at radius 1 is 0.973 bits per heavy atom. The van der Waals surface area contributed by atoms with Gasteiger partial charge in [0.15, 0.2) is 0 Å². The lowest BCUT2D eigenvalue weighted by Gasteiger charge is -2.12. The molecular formula is C27H22F3N5O2. The SMILES string of the molecule is NC(=O)c1cc(COc2ccc(C(N)=C(C=NCC(F)(F)F)c3ccncc3)cc2)nc2ccccc12. The number of halogens is 3. The molecule has 2 heterocycles. The zero-order valence-electron chi connectivity index (χ0n) is 19.4. The molecule has 0 saturated heterocycles. The van der Waals surface area contributed by atoms with Gasteiger partial charge in [-0.1, -0.05) is 18.2 Å². The van der Waals surface area contributed by atoms with Crippen LogP contribution in [0.3, 0.4) is 0 Å². The van der Waals surface area contributed by atoms with Crippen molar-refractivity contribution in [3.63, 3.8) is 0 Å². The van der Waals surface area contributed by atoms with Crippen LogP contribution in [0.1, 0.15) is 27.2 Å². The first-order chi connectivity index (χ1) is 17.7. The average Bonchev–Trinajstić information content (AvgIpc) is 2.89. The van der Waals surface area contributed by atoms with Gasteiger partial charge in [-0.3, -0.25) is 14.8 Å². The Morgan fingerprint density at radius 3 is 2.35 bits per heavy atom. The molecule has 0 aliphatic carbocycles. The Labute approximate surface area is 210 Å². The van der Waals surface area contributed by atoms with Crippen molar-refractivity contribution in [3.8, 4) is 5.75 Å². The highest BCUT2D eigenvalue weighted by atomic mass is 19.4. The molecular weight excluding hydrogens is 483 g/mol. The molecule has 0 unspecified atom stereocenters. The van der Waals surface area contributed by atoms with E-state index >= 15 is 0 Å². The molecule has 0 atom stereocenters. The molecule has 0 aliphatic rings. The Bertz CT molecular complexity index is 1470. The van der Waals surface area contributed by atoms with Crippen molar-refractivity contribution >= 4 is 34.3 Å².